The summed E-state index contributed by atoms with van der Waals surface area (Å²) in [6, 6.07) is 2.59. The van der Waals surface area contributed by atoms with Crippen LogP contribution in [0.3, 0.4) is 0 Å². The predicted molar refractivity (Wildman–Crippen MR) is 65.7 cm³/mol. The highest BCUT2D eigenvalue weighted by Gasteiger charge is 2.19. The minimum absolute atomic E-state index is 0.0716. The van der Waals surface area contributed by atoms with E-state index >= 15 is 0 Å². The lowest BCUT2D eigenvalue weighted by molar-refractivity contribution is 0.174. The number of nitrogens with zero attached hydrogens (tertiary/aromatic N) is 1. The molecule has 0 saturated carbocycles. The van der Waals surface area contributed by atoms with Crippen molar-refractivity contribution in [2.45, 2.75) is 24.3 Å². The Morgan fingerprint density at radius 2 is 2.12 bits per heavy atom. The van der Waals surface area contributed by atoms with Crippen LogP contribution in [-0.4, -0.2) is 31.2 Å². The van der Waals surface area contributed by atoms with Crippen LogP contribution in [0.4, 0.5) is 0 Å². The number of aliphatic hydroxyl groups excluding tert-OH is 1. The molecule has 8 heteroatoms. The summed E-state index contributed by atoms with van der Waals surface area (Å²) in [5, 5.41) is 9.20. The largest absolute Gasteiger partial charge is 0.392 e. The molecule has 0 unspecified atom stereocenters. The first kappa shape index (κ1) is 14.7. The average Bonchev–Trinajstić information content (AvgIpc) is 2.25. The van der Waals surface area contributed by atoms with Gasteiger partial charge in [-0.05, 0) is 18.6 Å². The third-order valence-corrected chi connectivity index (χ3v) is 4.12. The minimum atomic E-state index is -3.78. The number of sulfonamides is 1. The van der Waals surface area contributed by atoms with Gasteiger partial charge in [0, 0.05) is 6.54 Å². The Morgan fingerprint density at radius 3 is 2.65 bits per heavy atom. The Hall–Kier alpha value is -0.400. The lowest BCUT2D eigenvalue weighted by Gasteiger charge is -2.10. The number of halogens is 2. The molecular weight excluding hydrogens is 287 g/mol. The number of aromatic nitrogens is 1. The van der Waals surface area contributed by atoms with Crippen molar-refractivity contribution in [1.29, 1.82) is 0 Å². The molecular formula is C9H12Cl2N2O3S. The number of rotatable bonds is 5. The van der Waals surface area contributed by atoms with Gasteiger partial charge in [0.2, 0.25) is 10.0 Å². The molecule has 5 nitrogen and oxygen atoms in total. The summed E-state index contributed by atoms with van der Waals surface area (Å²) in [6.07, 6.45) is -0.279. The summed E-state index contributed by atoms with van der Waals surface area (Å²) >= 11 is 11.3. The number of pyridine rings is 1. The van der Waals surface area contributed by atoms with E-state index in [1.54, 1.807) is 6.92 Å². The van der Waals surface area contributed by atoms with Gasteiger partial charge in [0.25, 0.3) is 0 Å². The van der Waals surface area contributed by atoms with Crippen molar-refractivity contribution in [3.8, 4) is 0 Å². The molecule has 17 heavy (non-hydrogen) atoms. The molecule has 0 saturated heterocycles. The van der Waals surface area contributed by atoms with Crippen LogP contribution < -0.4 is 4.72 Å². The second kappa shape index (κ2) is 5.97. The fraction of sp³-hybridized carbons (Fsp3) is 0.444. The number of hydrogen-bond donors (Lipinski definition) is 2. The smallest absolute Gasteiger partial charge is 0.243 e. The first-order chi connectivity index (χ1) is 7.86. The monoisotopic (exact) mass is 298 g/mol. The van der Waals surface area contributed by atoms with Crippen LogP contribution in [0.25, 0.3) is 0 Å². The number of aliphatic hydroxyl groups is 1. The van der Waals surface area contributed by atoms with Crippen molar-refractivity contribution in [3.05, 3.63) is 22.4 Å². The second-order valence-electron chi connectivity index (χ2n) is 3.34. The van der Waals surface area contributed by atoms with Crippen molar-refractivity contribution in [1.82, 2.24) is 9.71 Å². The maximum Gasteiger partial charge on any atom is 0.243 e. The van der Waals surface area contributed by atoms with E-state index in [-0.39, 0.29) is 21.7 Å². The molecule has 1 atom stereocenters. The third-order valence-electron chi connectivity index (χ3n) is 2.05. The summed E-state index contributed by atoms with van der Waals surface area (Å²) in [5.74, 6) is 0. The first-order valence-electron chi connectivity index (χ1n) is 4.86. The fourth-order valence-corrected chi connectivity index (χ4v) is 2.76. The van der Waals surface area contributed by atoms with E-state index in [2.05, 4.69) is 9.71 Å². The van der Waals surface area contributed by atoms with Gasteiger partial charge in [-0.1, -0.05) is 30.1 Å². The van der Waals surface area contributed by atoms with Gasteiger partial charge in [-0.2, -0.15) is 0 Å². The molecule has 0 aliphatic rings. The summed E-state index contributed by atoms with van der Waals surface area (Å²) < 4.78 is 25.8. The van der Waals surface area contributed by atoms with Gasteiger partial charge < -0.3 is 5.11 Å². The van der Waals surface area contributed by atoms with Gasteiger partial charge in [0.15, 0.2) is 5.15 Å². The Bertz CT molecular complexity index is 493. The zero-order valence-corrected chi connectivity index (χ0v) is 11.3. The predicted octanol–water partition coefficient (Wildman–Crippen LogP) is 1.44. The van der Waals surface area contributed by atoms with E-state index in [4.69, 9.17) is 23.2 Å². The van der Waals surface area contributed by atoms with Crippen molar-refractivity contribution in [3.63, 3.8) is 0 Å². The van der Waals surface area contributed by atoms with Crippen LogP contribution in [0.15, 0.2) is 17.0 Å². The second-order valence-corrected chi connectivity index (χ2v) is 5.82. The molecule has 0 aliphatic heterocycles. The molecule has 1 aromatic heterocycles. The number of hydrogen-bond acceptors (Lipinski definition) is 4. The van der Waals surface area contributed by atoms with Crippen LogP contribution in [0.5, 0.6) is 0 Å². The van der Waals surface area contributed by atoms with Crippen LogP contribution in [0.2, 0.25) is 10.3 Å². The quantitative estimate of drug-likeness (QED) is 0.806. The van der Waals surface area contributed by atoms with Gasteiger partial charge in [0.1, 0.15) is 10.0 Å². The van der Waals surface area contributed by atoms with Crippen molar-refractivity contribution < 1.29 is 13.5 Å². The zero-order chi connectivity index (χ0) is 13.1. The van der Waals surface area contributed by atoms with Gasteiger partial charge in [-0.25, -0.2) is 18.1 Å². The molecule has 1 rings (SSSR count). The summed E-state index contributed by atoms with van der Waals surface area (Å²) in [7, 11) is -3.78. The molecule has 2 N–H and O–H groups in total. The maximum atomic E-state index is 11.8. The SMILES string of the molecule is CC[C@@H](O)CNS(=O)(=O)c1ccc(Cl)nc1Cl. The molecule has 0 aliphatic carbocycles. The topological polar surface area (TPSA) is 79.3 Å². The highest BCUT2D eigenvalue weighted by molar-refractivity contribution is 7.89. The Kier molecular flexibility index (Phi) is 5.15. The number of nitrogens with one attached hydrogen (secondary N) is 1. The van der Waals surface area contributed by atoms with Gasteiger partial charge in [-0.15, -0.1) is 0 Å². The third kappa shape index (κ3) is 4.08. The highest BCUT2D eigenvalue weighted by atomic mass is 35.5. The molecule has 0 radical (unpaired) electrons. The van der Waals surface area contributed by atoms with Gasteiger partial charge in [-0.3, -0.25) is 0 Å². The fourth-order valence-electron chi connectivity index (χ4n) is 1.03. The minimum Gasteiger partial charge on any atom is -0.392 e. The van der Waals surface area contributed by atoms with E-state index in [0.29, 0.717) is 6.42 Å². The maximum absolute atomic E-state index is 11.8. The van der Waals surface area contributed by atoms with E-state index in [1.165, 1.54) is 12.1 Å². The zero-order valence-electron chi connectivity index (χ0n) is 9.02. The van der Waals surface area contributed by atoms with Crippen molar-refractivity contribution in [2.24, 2.45) is 0 Å². The van der Waals surface area contributed by atoms with E-state index in [9.17, 15) is 13.5 Å². The molecule has 0 bridgehead atoms. The molecule has 0 aromatic carbocycles. The first-order valence-corrected chi connectivity index (χ1v) is 7.10. The summed E-state index contributed by atoms with van der Waals surface area (Å²) in [6.45, 7) is 1.67. The van der Waals surface area contributed by atoms with Crippen LogP contribution in [0.1, 0.15) is 13.3 Å². The molecule has 1 heterocycles. The van der Waals surface area contributed by atoms with Crippen LogP contribution >= 0.6 is 23.2 Å². The summed E-state index contributed by atoms with van der Waals surface area (Å²) in [4.78, 5) is 3.48. The lowest BCUT2D eigenvalue weighted by atomic mass is 10.3. The van der Waals surface area contributed by atoms with E-state index < -0.39 is 16.1 Å². The molecule has 96 valence electrons. The lowest BCUT2D eigenvalue weighted by Crippen LogP contribution is -2.32. The Morgan fingerprint density at radius 1 is 1.47 bits per heavy atom. The molecule has 1 aromatic rings. The highest BCUT2D eigenvalue weighted by Crippen LogP contribution is 2.21. The summed E-state index contributed by atoms with van der Waals surface area (Å²) in [5.41, 5.74) is 0. The van der Waals surface area contributed by atoms with Crippen LogP contribution in [-0.2, 0) is 10.0 Å². The van der Waals surface area contributed by atoms with Crippen LogP contribution in [0, 0.1) is 0 Å². The Labute approximate surface area is 110 Å². The van der Waals surface area contributed by atoms with Crippen molar-refractivity contribution in [2.75, 3.05) is 6.54 Å². The molecule has 0 spiro atoms. The molecule has 0 fully saturated rings. The standard InChI is InChI=1S/C9H12Cl2N2O3S/c1-2-6(14)5-12-17(15,16)7-3-4-8(10)13-9(7)11/h3-4,6,12,14H,2,5H2,1H3/t6-/m1/s1. The van der Waals surface area contributed by atoms with E-state index in [1.807, 2.05) is 0 Å². The van der Waals surface area contributed by atoms with E-state index in [0.717, 1.165) is 0 Å². The van der Waals surface area contributed by atoms with Crippen molar-refractivity contribution >= 4 is 33.2 Å². The van der Waals surface area contributed by atoms with Gasteiger partial charge >= 0.3 is 0 Å². The Balaban J connectivity index is 2.90. The van der Waals surface area contributed by atoms with Gasteiger partial charge in [0.05, 0.1) is 6.10 Å². The average molecular weight is 299 g/mol. The molecule has 0 amide bonds. The normalized spacial score (nSPS) is 13.6.